The molecule has 0 bridgehead atoms. The van der Waals surface area contributed by atoms with Crippen molar-refractivity contribution in [3.05, 3.63) is 48.2 Å². The second kappa shape index (κ2) is 10.8. The van der Waals surface area contributed by atoms with Gasteiger partial charge in [0.2, 0.25) is 17.7 Å². The van der Waals surface area contributed by atoms with Gasteiger partial charge >= 0.3 is 0 Å². The Morgan fingerprint density at radius 2 is 1.85 bits per heavy atom. The number of rotatable bonds is 10. The number of nitrogens with two attached hydrogens (primary N) is 1. The second-order valence-corrected chi connectivity index (χ2v) is 5.62. The molecule has 1 heterocycles. The summed E-state index contributed by atoms with van der Waals surface area (Å²) < 4.78 is 11.6. The summed E-state index contributed by atoms with van der Waals surface area (Å²) in [5.74, 6) is 0.825. The number of carbonyl (C=O) groups is 2. The molecule has 8 heteroatoms. The van der Waals surface area contributed by atoms with Gasteiger partial charge in [0.1, 0.15) is 0 Å². The summed E-state index contributed by atoms with van der Waals surface area (Å²) in [6.07, 6.45) is 2.49. The summed E-state index contributed by atoms with van der Waals surface area (Å²) in [6, 6.07) is 10.9. The van der Waals surface area contributed by atoms with Crippen molar-refractivity contribution in [1.82, 2.24) is 15.6 Å². The molecule has 0 radical (unpaired) electrons. The zero-order valence-corrected chi connectivity index (χ0v) is 15.2. The predicted molar refractivity (Wildman–Crippen MR) is 100 cm³/mol. The third-order valence-electron chi connectivity index (χ3n) is 3.47. The first-order valence-corrected chi connectivity index (χ1v) is 8.71. The van der Waals surface area contributed by atoms with E-state index in [1.807, 2.05) is 25.1 Å². The van der Waals surface area contributed by atoms with Crippen LogP contribution in [0.5, 0.6) is 17.4 Å². The number of ether oxygens (including phenoxy) is 2. The van der Waals surface area contributed by atoms with Gasteiger partial charge < -0.3 is 25.8 Å². The lowest BCUT2D eigenvalue weighted by atomic mass is 10.2. The standard InChI is InChI=1S/C19H24N4O4/c1-2-10-26-15-7-3-4-8-16(15)27-19-14(6-5-9-21-19)12-22-18(25)13-23-17(24)11-20/h3-9H,2,10-13,20H2,1H3,(H,22,25)(H,23,24). The van der Waals surface area contributed by atoms with Crippen LogP contribution in [0, 0.1) is 0 Å². The van der Waals surface area contributed by atoms with E-state index >= 15 is 0 Å². The van der Waals surface area contributed by atoms with E-state index in [4.69, 9.17) is 15.2 Å². The maximum absolute atomic E-state index is 11.8. The van der Waals surface area contributed by atoms with Gasteiger partial charge in [-0.05, 0) is 24.6 Å². The molecule has 0 fully saturated rings. The van der Waals surface area contributed by atoms with Crippen molar-refractivity contribution < 1.29 is 19.1 Å². The van der Waals surface area contributed by atoms with Crippen LogP contribution in [0.1, 0.15) is 18.9 Å². The summed E-state index contributed by atoms with van der Waals surface area (Å²) in [6.45, 7) is 2.52. The van der Waals surface area contributed by atoms with Crippen molar-refractivity contribution in [2.45, 2.75) is 19.9 Å². The molecule has 2 rings (SSSR count). The van der Waals surface area contributed by atoms with Gasteiger partial charge in [0.25, 0.3) is 0 Å². The highest BCUT2D eigenvalue weighted by Gasteiger charge is 2.11. The van der Waals surface area contributed by atoms with E-state index in [2.05, 4.69) is 15.6 Å². The maximum Gasteiger partial charge on any atom is 0.239 e. The molecule has 1 aromatic carbocycles. The van der Waals surface area contributed by atoms with Crippen LogP contribution in [0.25, 0.3) is 0 Å². The second-order valence-electron chi connectivity index (χ2n) is 5.62. The Morgan fingerprint density at radius 3 is 2.59 bits per heavy atom. The molecule has 0 aliphatic rings. The van der Waals surface area contributed by atoms with Crippen LogP contribution in [-0.4, -0.2) is 36.5 Å². The maximum atomic E-state index is 11.8. The SMILES string of the molecule is CCCOc1ccccc1Oc1ncccc1CNC(=O)CNC(=O)CN. The fourth-order valence-electron chi connectivity index (χ4n) is 2.13. The molecular weight excluding hydrogens is 348 g/mol. The van der Waals surface area contributed by atoms with E-state index in [9.17, 15) is 9.59 Å². The zero-order chi connectivity index (χ0) is 19.5. The number of para-hydroxylation sites is 2. The first-order chi connectivity index (χ1) is 13.1. The zero-order valence-electron chi connectivity index (χ0n) is 15.2. The molecule has 144 valence electrons. The molecule has 0 aliphatic heterocycles. The van der Waals surface area contributed by atoms with Crippen molar-refractivity contribution in [2.24, 2.45) is 5.73 Å². The number of aromatic nitrogens is 1. The van der Waals surface area contributed by atoms with Gasteiger partial charge in [0, 0.05) is 18.3 Å². The lowest BCUT2D eigenvalue weighted by molar-refractivity contribution is -0.125. The lowest BCUT2D eigenvalue weighted by Gasteiger charge is -2.14. The quantitative estimate of drug-likeness (QED) is 0.580. The number of nitrogens with one attached hydrogen (secondary N) is 2. The van der Waals surface area contributed by atoms with Gasteiger partial charge in [-0.15, -0.1) is 0 Å². The largest absolute Gasteiger partial charge is 0.490 e. The fourth-order valence-corrected chi connectivity index (χ4v) is 2.13. The van der Waals surface area contributed by atoms with Crippen LogP contribution in [0.3, 0.4) is 0 Å². The summed E-state index contributed by atoms with van der Waals surface area (Å²) >= 11 is 0. The Labute approximate surface area is 158 Å². The minimum atomic E-state index is -0.390. The minimum Gasteiger partial charge on any atom is -0.490 e. The number of hydrogen-bond donors (Lipinski definition) is 3. The topological polar surface area (TPSA) is 116 Å². The molecule has 1 aromatic heterocycles. The van der Waals surface area contributed by atoms with Gasteiger partial charge in [0.15, 0.2) is 11.5 Å². The normalized spacial score (nSPS) is 10.1. The van der Waals surface area contributed by atoms with Crippen LogP contribution in [-0.2, 0) is 16.1 Å². The number of amides is 2. The number of pyridine rings is 1. The van der Waals surface area contributed by atoms with E-state index in [1.54, 1.807) is 24.4 Å². The summed E-state index contributed by atoms with van der Waals surface area (Å²) in [5.41, 5.74) is 5.88. The number of benzene rings is 1. The van der Waals surface area contributed by atoms with Crippen LogP contribution in [0.15, 0.2) is 42.6 Å². The first-order valence-electron chi connectivity index (χ1n) is 8.71. The van der Waals surface area contributed by atoms with Gasteiger partial charge in [-0.2, -0.15) is 0 Å². The Bertz CT molecular complexity index is 767. The van der Waals surface area contributed by atoms with Crippen LogP contribution < -0.4 is 25.8 Å². The average molecular weight is 372 g/mol. The molecule has 0 atom stereocenters. The molecule has 0 aliphatic carbocycles. The Balaban J connectivity index is 2.02. The monoisotopic (exact) mass is 372 g/mol. The molecule has 2 aromatic rings. The Kier molecular flexibility index (Phi) is 8.05. The van der Waals surface area contributed by atoms with Crippen molar-refractivity contribution in [3.63, 3.8) is 0 Å². The molecule has 8 nitrogen and oxygen atoms in total. The smallest absolute Gasteiger partial charge is 0.239 e. The van der Waals surface area contributed by atoms with Crippen LogP contribution in [0.4, 0.5) is 0 Å². The number of hydrogen-bond acceptors (Lipinski definition) is 6. The molecule has 0 saturated heterocycles. The molecule has 0 spiro atoms. The highest BCUT2D eigenvalue weighted by atomic mass is 16.5. The fraction of sp³-hybridized carbons (Fsp3) is 0.316. The third kappa shape index (κ3) is 6.59. The van der Waals surface area contributed by atoms with E-state index in [0.29, 0.717) is 29.5 Å². The predicted octanol–water partition coefficient (Wildman–Crippen LogP) is 1.35. The van der Waals surface area contributed by atoms with E-state index in [-0.39, 0.29) is 31.4 Å². The van der Waals surface area contributed by atoms with Crippen molar-refractivity contribution in [2.75, 3.05) is 19.7 Å². The molecule has 27 heavy (non-hydrogen) atoms. The Morgan fingerprint density at radius 1 is 1.07 bits per heavy atom. The van der Waals surface area contributed by atoms with Crippen molar-refractivity contribution in [3.8, 4) is 17.4 Å². The van der Waals surface area contributed by atoms with E-state index in [1.165, 1.54) is 0 Å². The van der Waals surface area contributed by atoms with Gasteiger partial charge in [-0.3, -0.25) is 9.59 Å². The summed E-state index contributed by atoms with van der Waals surface area (Å²) in [5, 5.41) is 5.12. The molecule has 0 unspecified atom stereocenters. The van der Waals surface area contributed by atoms with Crippen LogP contribution >= 0.6 is 0 Å². The molecule has 2 amide bonds. The first kappa shape index (κ1) is 20.2. The van der Waals surface area contributed by atoms with Gasteiger partial charge in [0.05, 0.1) is 19.7 Å². The summed E-state index contributed by atoms with van der Waals surface area (Å²) in [7, 11) is 0. The van der Waals surface area contributed by atoms with E-state index < -0.39 is 0 Å². The lowest BCUT2D eigenvalue weighted by Crippen LogP contribution is -2.39. The summed E-state index contributed by atoms with van der Waals surface area (Å²) in [4.78, 5) is 27.2. The highest BCUT2D eigenvalue weighted by Crippen LogP contribution is 2.31. The minimum absolute atomic E-state index is 0.139. The average Bonchev–Trinajstić information content (AvgIpc) is 2.70. The van der Waals surface area contributed by atoms with Crippen LogP contribution in [0.2, 0.25) is 0 Å². The van der Waals surface area contributed by atoms with E-state index in [0.717, 1.165) is 6.42 Å². The van der Waals surface area contributed by atoms with Gasteiger partial charge in [-0.1, -0.05) is 25.1 Å². The highest BCUT2D eigenvalue weighted by molar-refractivity contribution is 5.85. The number of nitrogens with zero attached hydrogens (tertiary/aromatic N) is 1. The molecular formula is C19H24N4O4. The number of carbonyl (C=O) groups excluding carboxylic acids is 2. The molecule has 0 saturated carbocycles. The third-order valence-corrected chi connectivity index (χ3v) is 3.47. The van der Waals surface area contributed by atoms with Crippen molar-refractivity contribution in [1.29, 1.82) is 0 Å². The van der Waals surface area contributed by atoms with Crippen molar-refractivity contribution >= 4 is 11.8 Å². The Hall–Kier alpha value is -3.13. The molecule has 4 N–H and O–H groups in total. The van der Waals surface area contributed by atoms with Gasteiger partial charge in [-0.25, -0.2) is 4.98 Å².